The molecule has 0 saturated heterocycles. The molecule has 0 aliphatic carbocycles. The number of hydrogen-bond acceptors (Lipinski definition) is 6. The number of aromatic amines is 1. The summed E-state index contributed by atoms with van der Waals surface area (Å²) in [4.78, 5) is 17.1. The van der Waals surface area contributed by atoms with E-state index in [2.05, 4.69) is 32.5 Å². The summed E-state index contributed by atoms with van der Waals surface area (Å²) < 4.78 is 7.92. The fourth-order valence-electron chi connectivity index (χ4n) is 3.43. The molecule has 0 spiro atoms. The van der Waals surface area contributed by atoms with E-state index < -0.39 is 6.10 Å². The molecule has 4 aromatic rings. The zero-order valence-electron chi connectivity index (χ0n) is 17.5. The Balaban J connectivity index is 1.55. The maximum Gasteiger partial charge on any atom is 0.254 e. The number of rotatable bonds is 8. The molecule has 8 heteroatoms. The van der Waals surface area contributed by atoms with Gasteiger partial charge in [-0.25, -0.2) is 4.98 Å². The van der Waals surface area contributed by atoms with Crippen molar-refractivity contribution >= 4 is 0 Å². The van der Waals surface area contributed by atoms with Crippen molar-refractivity contribution in [1.82, 2.24) is 30.2 Å². The van der Waals surface area contributed by atoms with E-state index in [1.807, 2.05) is 61.5 Å². The lowest BCUT2D eigenvalue weighted by molar-refractivity contribution is 0.237. The standard InChI is InChI=1S/C23H24N6O2/c1-3-7-20-24-16(2)14-21(30)29(20)15-17-10-12-19(13-11-17)31-22(23-25-27-28-26-23)18-8-5-4-6-9-18/h4-6,8-14,22H,3,7,15H2,1-2H3,(H,25,26,27,28). The summed E-state index contributed by atoms with van der Waals surface area (Å²) >= 11 is 0. The molecule has 31 heavy (non-hydrogen) atoms. The molecule has 2 heterocycles. The van der Waals surface area contributed by atoms with Gasteiger partial charge in [0.15, 0.2) is 6.10 Å². The molecule has 0 fully saturated rings. The average Bonchev–Trinajstić information content (AvgIpc) is 3.31. The second-order valence-electron chi connectivity index (χ2n) is 7.31. The summed E-state index contributed by atoms with van der Waals surface area (Å²) in [6.07, 6.45) is 1.21. The normalized spacial score (nSPS) is 11.9. The second kappa shape index (κ2) is 9.34. The van der Waals surface area contributed by atoms with E-state index in [0.29, 0.717) is 18.1 Å². The van der Waals surface area contributed by atoms with E-state index >= 15 is 0 Å². The summed E-state index contributed by atoms with van der Waals surface area (Å²) in [6, 6.07) is 19.0. The highest BCUT2D eigenvalue weighted by Crippen LogP contribution is 2.26. The number of nitrogens with one attached hydrogen (secondary N) is 1. The van der Waals surface area contributed by atoms with Crippen molar-refractivity contribution in [3.63, 3.8) is 0 Å². The summed E-state index contributed by atoms with van der Waals surface area (Å²) in [5, 5.41) is 14.3. The highest BCUT2D eigenvalue weighted by molar-refractivity contribution is 5.30. The molecule has 0 bridgehead atoms. The summed E-state index contributed by atoms with van der Waals surface area (Å²) in [7, 11) is 0. The fourth-order valence-corrected chi connectivity index (χ4v) is 3.43. The fraction of sp³-hybridized carbons (Fsp3) is 0.261. The molecule has 2 aromatic carbocycles. The predicted octanol–water partition coefficient (Wildman–Crippen LogP) is 3.23. The van der Waals surface area contributed by atoms with Crippen LogP contribution < -0.4 is 10.3 Å². The van der Waals surface area contributed by atoms with Crippen LogP contribution in [0.1, 0.15) is 47.9 Å². The van der Waals surface area contributed by atoms with Crippen LogP contribution in [0.3, 0.4) is 0 Å². The van der Waals surface area contributed by atoms with Crippen LogP contribution in [-0.2, 0) is 13.0 Å². The first-order valence-corrected chi connectivity index (χ1v) is 10.2. The number of H-pyrrole nitrogens is 1. The van der Waals surface area contributed by atoms with E-state index in [1.165, 1.54) is 0 Å². The lowest BCUT2D eigenvalue weighted by Crippen LogP contribution is -2.25. The first-order chi connectivity index (χ1) is 15.1. The van der Waals surface area contributed by atoms with E-state index in [-0.39, 0.29) is 5.56 Å². The third kappa shape index (κ3) is 4.85. The van der Waals surface area contributed by atoms with Crippen LogP contribution in [0.2, 0.25) is 0 Å². The van der Waals surface area contributed by atoms with Gasteiger partial charge in [-0.1, -0.05) is 54.6 Å². The monoisotopic (exact) mass is 416 g/mol. The minimum atomic E-state index is -0.481. The predicted molar refractivity (Wildman–Crippen MR) is 116 cm³/mol. The van der Waals surface area contributed by atoms with Crippen LogP contribution in [0.4, 0.5) is 0 Å². The first kappa shape index (κ1) is 20.5. The molecular formula is C23H24N6O2. The van der Waals surface area contributed by atoms with E-state index in [9.17, 15) is 4.79 Å². The Morgan fingerprint density at radius 3 is 2.55 bits per heavy atom. The number of benzene rings is 2. The summed E-state index contributed by atoms with van der Waals surface area (Å²) in [5.74, 6) is 1.94. The highest BCUT2D eigenvalue weighted by atomic mass is 16.5. The van der Waals surface area contributed by atoms with Gasteiger partial charge >= 0.3 is 0 Å². The van der Waals surface area contributed by atoms with Crippen LogP contribution in [0, 0.1) is 6.92 Å². The van der Waals surface area contributed by atoms with Crippen molar-refractivity contribution < 1.29 is 4.74 Å². The third-order valence-electron chi connectivity index (χ3n) is 4.91. The van der Waals surface area contributed by atoms with Gasteiger partial charge in [-0.2, -0.15) is 5.21 Å². The SMILES string of the molecule is CCCc1nc(C)cc(=O)n1Cc1ccc(OC(c2ccccc2)c2nn[nH]n2)cc1. The number of hydrogen-bond donors (Lipinski definition) is 1. The molecular weight excluding hydrogens is 392 g/mol. The Hall–Kier alpha value is -3.81. The minimum absolute atomic E-state index is 0.0301. The molecule has 0 amide bonds. The Morgan fingerprint density at radius 2 is 1.87 bits per heavy atom. The Kier molecular flexibility index (Phi) is 6.16. The topological polar surface area (TPSA) is 98.6 Å². The molecule has 0 saturated carbocycles. The number of ether oxygens (including phenoxy) is 1. The molecule has 8 nitrogen and oxygen atoms in total. The van der Waals surface area contributed by atoms with E-state index in [1.54, 1.807) is 10.6 Å². The Morgan fingerprint density at radius 1 is 1.10 bits per heavy atom. The van der Waals surface area contributed by atoms with Crippen molar-refractivity contribution in [3.05, 3.63) is 99.5 Å². The molecule has 1 atom stereocenters. The van der Waals surface area contributed by atoms with Gasteiger partial charge in [0.2, 0.25) is 5.82 Å². The smallest absolute Gasteiger partial charge is 0.254 e. The van der Waals surface area contributed by atoms with Crippen molar-refractivity contribution in [3.8, 4) is 5.75 Å². The number of aromatic nitrogens is 6. The largest absolute Gasteiger partial charge is 0.478 e. The van der Waals surface area contributed by atoms with Gasteiger partial charge < -0.3 is 4.74 Å². The van der Waals surface area contributed by atoms with Crippen LogP contribution >= 0.6 is 0 Å². The zero-order valence-corrected chi connectivity index (χ0v) is 17.5. The number of nitrogens with zero attached hydrogens (tertiary/aromatic N) is 5. The van der Waals surface area contributed by atoms with E-state index in [0.717, 1.165) is 35.5 Å². The van der Waals surface area contributed by atoms with Gasteiger partial charge in [0.25, 0.3) is 5.56 Å². The molecule has 0 aliphatic heterocycles. The van der Waals surface area contributed by atoms with Crippen molar-refractivity contribution in [2.75, 3.05) is 0 Å². The van der Waals surface area contributed by atoms with Crippen molar-refractivity contribution in [1.29, 1.82) is 0 Å². The molecule has 0 aliphatic rings. The van der Waals surface area contributed by atoms with Crippen molar-refractivity contribution in [2.24, 2.45) is 0 Å². The molecule has 2 aromatic heterocycles. The van der Waals surface area contributed by atoms with Gasteiger partial charge in [0.1, 0.15) is 11.6 Å². The molecule has 4 rings (SSSR count). The lowest BCUT2D eigenvalue weighted by Gasteiger charge is -2.17. The molecule has 0 radical (unpaired) electrons. The number of aryl methyl sites for hydroxylation is 2. The average molecular weight is 416 g/mol. The van der Waals surface area contributed by atoms with Gasteiger partial charge in [-0.05, 0) is 31.0 Å². The lowest BCUT2D eigenvalue weighted by atomic mass is 10.1. The molecule has 1 unspecified atom stereocenters. The van der Waals surface area contributed by atoms with Crippen molar-refractivity contribution in [2.45, 2.75) is 39.3 Å². The van der Waals surface area contributed by atoms with Gasteiger partial charge in [-0.3, -0.25) is 9.36 Å². The number of tetrazole rings is 1. The maximum atomic E-state index is 12.5. The first-order valence-electron chi connectivity index (χ1n) is 10.2. The molecule has 1 N–H and O–H groups in total. The third-order valence-corrected chi connectivity index (χ3v) is 4.91. The van der Waals surface area contributed by atoms with Crippen LogP contribution in [0.15, 0.2) is 65.5 Å². The van der Waals surface area contributed by atoms with Gasteiger partial charge in [-0.15, -0.1) is 10.2 Å². The van der Waals surface area contributed by atoms with Gasteiger partial charge in [0, 0.05) is 23.7 Å². The quantitative estimate of drug-likeness (QED) is 0.473. The zero-order chi connectivity index (χ0) is 21.6. The Bertz CT molecular complexity index is 1170. The van der Waals surface area contributed by atoms with Gasteiger partial charge in [0.05, 0.1) is 6.54 Å². The molecule has 158 valence electrons. The summed E-state index contributed by atoms with van der Waals surface area (Å²) in [5.41, 5.74) is 2.64. The van der Waals surface area contributed by atoms with E-state index in [4.69, 9.17) is 4.74 Å². The second-order valence-corrected chi connectivity index (χ2v) is 7.31. The van der Waals surface area contributed by atoms with Crippen LogP contribution in [0.5, 0.6) is 5.75 Å². The minimum Gasteiger partial charge on any atom is -0.478 e. The Labute approximate surface area is 179 Å². The van der Waals surface area contributed by atoms with Crippen LogP contribution in [-0.4, -0.2) is 30.2 Å². The maximum absolute atomic E-state index is 12.5. The highest BCUT2D eigenvalue weighted by Gasteiger charge is 2.20. The van der Waals surface area contributed by atoms with Crippen LogP contribution in [0.25, 0.3) is 0 Å². The summed E-state index contributed by atoms with van der Waals surface area (Å²) in [6.45, 7) is 4.40.